The minimum atomic E-state index is -1.11. The Balaban J connectivity index is 2.90. The van der Waals surface area contributed by atoms with Crippen LogP contribution in [0.5, 0.6) is 5.75 Å². The monoisotopic (exact) mass is 294 g/mol. The van der Waals surface area contributed by atoms with Gasteiger partial charge in [0.2, 0.25) is 11.8 Å². The molecule has 0 saturated heterocycles. The molecule has 114 valence electrons. The minimum Gasteiger partial charge on any atom is -0.507 e. The van der Waals surface area contributed by atoms with Gasteiger partial charge in [0, 0.05) is 12.5 Å². The van der Waals surface area contributed by atoms with Crippen LogP contribution >= 0.6 is 0 Å². The van der Waals surface area contributed by atoms with Crippen LogP contribution in [0.2, 0.25) is 0 Å². The number of carboxylic acids is 1. The summed E-state index contributed by atoms with van der Waals surface area (Å²) in [5.41, 5.74) is 0.910. The lowest BCUT2D eigenvalue weighted by Crippen LogP contribution is -2.38. The molecule has 0 aromatic heterocycles. The van der Waals surface area contributed by atoms with Crippen molar-refractivity contribution in [1.82, 2.24) is 10.6 Å². The van der Waals surface area contributed by atoms with Crippen LogP contribution in [0.3, 0.4) is 0 Å². The molecule has 1 atom stereocenters. The molecular formula is C14H18N2O5. The molecule has 0 aliphatic carbocycles. The van der Waals surface area contributed by atoms with E-state index in [2.05, 4.69) is 10.6 Å². The third-order valence-corrected chi connectivity index (χ3v) is 2.86. The number of carboxylic acid groups (broad SMARTS) is 1. The van der Waals surface area contributed by atoms with E-state index in [0.29, 0.717) is 11.1 Å². The normalized spacial score (nSPS) is 11.5. The van der Waals surface area contributed by atoms with Crippen LogP contribution in [-0.4, -0.2) is 34.5 Å². The Kier molecular flexibility index (Phi) is 5.71. The summed E-state index contributed by atoms with van der Waals surface area (Å²) in [6.45, 7) is 2.70. The number of aliphatic carboxylic acids is 1. The van der Waals surface area contributed by atoms with Crippen molar-refractivity contribution in [3.8, 4) is 5.75 Å². The third kappa shape index (κ3) is 5.13. The number of aromatic hydroxyl groups is 1. The number of phenolic OH excluding ortho intramolecular Hbond substituents is 1. The number of para-hydroxylation sites is 1. The fourth-order valence-corrected chi connectivity index (χ4v) is 1.83. The summed E-state index contributed by atoms with van der Waals surface area (Å²) < 4.78 is 0. The number of carbonyl (C=O) groups is 3. The van der Waals surface area contributed by atoms with Crippen LogP contribution in [0.1, 0.15) is 30.5 Å². The largest absolute Gasteiger partial charge is 0.507 e. The first-order valence-corrected chi connectivity index (χ1v) is 6.35. The maximum absolute atomic E-state index is 11.7. The van der Waals surface area contributed by atoms with Gasteiger partial charge < -0.3 is 20.8 Å². The van der Waals surface area contributed by atoms with Gasteiger partial charge in [-0.1, -0.05) is 18.2 Å². The molecule has 7 nitrogen and oxygen atoms in total. The van der Waals surface area contributed by atoms with Gasteiger partial charge >= 0.3 is 5.97 Å². The molecule has 1 unspecified atom stereocenters. The molecular weight excluding hydrogens is 276 g/mol. The average molecular weight is 294 g/mol. The number of phenols is 1. The minimum absolute atomic E-state index is 0.0522. The summed E-state index contributed by atoms with van der Waals surface area (Å²) in [4.78, 5) is 33.4. The first kappa shape index (κ1) is 16.5. The fourth-order valence-electron chi connectivity index (χ4n) is 1.83. The van der Waals surface area contributed by atoms with Crippen LogP contribution in [0, 0.1) is 6.92 Å². The smallest absolute Gasteiger partial charge is 0.305 e. The van der Waals surface area contributed by atoms with Gasteiger partial charge in [0.1, 0.15) is 5.75 Å². The molecule has 1 aromatic carbocycles. The highest BCUT2D eigenvalue weighted by Gasteiger charge is 2.21. The zero-order valence-corrected chi connectivity index (χ0v) is 11.8. The van der Waals surface area contributed by atoms with Crippen molar-refractivity contribution in [1.29, 1.82) is 0 Å². The molecule has 0 radical (unpaired) electrons. The molecule has 0 fully saturated rings. The molecule has 4 N–H and O–H groups in total. The first-order valence-electron chi connectivity index (χ1n) is 6.35. The lowest BCUT2D eigenvalue weighted by molar-refractivity contribution is -0.138. The second-order valence-corrected chi connectivity index (χ2v) is 4.64. The van der Waals surface area contributed by atoms with Gasteiger partial charge in [-0.25, -0.2) is 0 Å². The van der Waals surface area contributed by atoms with E-state index in [-0.39, 0.29) is 24.6 Å². The van der Waals surface area contributed by atoms with Gasteiger partial charge in [-0.15, -0.1) is 0 Å². The van der Waals surface area contributed by atoms with Gasteiger partial charge in [-0.05, 0) is 12.5 Å². The average Bonchev–Trinajstić information content (AvgIpc) is 2.38. The SMILES string of the molecule is CC(=O)NCC(=O)NC(CC(=O)O)c1cccc(C)c1O. The number of amides is 2. The fraction of sp³-hybridized carbons (Fsp3) is 0.357. The molecule has 0 bridgehead atoms. The van der Waals surface area contributed by atoms with Crippen molar-refractivity contribution in [2.75, 3.05) is 6.54 Å². The Morgan fingerprint density at radius 3 is 2.52 bits per heavy atom. The van der Waals surface area contributed by atoms with Gasteiger partial charge in [-0.2, -0.15) is 0 Å². The van der Waals surface area contributed by atoms with Crippen molar-refractivity contribution in [3.05, 3.63) is 29.3 Å². The molecule has 2 amide bonds. The van der Waals surface area contributed by atoms with Crippen molar-refractivity contribution in [2.45, 2.75) is 26.3 Å². The molecule has 0 aliphatic rings. The summed E-state index contributed by atoms with van der Waals surface area (Å²) in [5, 5.41) is 23.7. The summed E-state index contributed by atoms with van der Waals surface area (Å²) >= 11 is 0. The zero-order chi connectivity index (χ0) is 16.0. The highest BCUT2D eigenvalue weighted by atomic mass is 16.4. The molecule has 1 aromatic rings. The summed E-state index contributed by atoms with van der Waals surface area (Å²) in [7, 11) is 0. The van der Waals surface area contributed by atoms with Crippen molar-refractivity contribution >= 4 is 17.8 Å². The molecule has 0 spiro atoms. The Morgan fingerprint density at radius 1 is 1.29 bits per heavy atom. The van der Waals surface area contributed by atoms with E-state index in [9.17, 15) is 19.5 Å². The molecule has 0 aliphatic heterocycles. The Morgan fingerprint density at radius 2 is 1.95 bits per heavy atom. The quantitative estimate of drug-likeness (QED) is 0.608. The van der Waals surface area contributed by atoms with E-state index in [0.717, 1.165) is 0 Å². The lowest BCUT2D eigenvalue weighted by Gasteiger charge is -2.19. The Hall–Kier alpha value is -2.57. The number of nitrogens with one attached hydrogen (secondary N) is 2. The third-order valence-electron chi connectivity index (χ3n) is 2.86. The maximum Gasteiger partial charge on any atom is 0.305 e. The van der Waals surface area contributed by atoms with Crippen LogP contribution in [0.15, 0.2) is 18.2 Å². The van der Waals surface area contributed by atoms with Crippen molar-refractivity contribution in [2.24, 2.45) is 0 Å². The van der Waals surface area contributed by atoms with E-state index in [1.165, 1.54) is 6.92 Å². The molecule has 21 heavy (non-hydrogen) atoms. The number of carbonyl (C=O) groups excluding carboxylic acids is 2. The second-order valence-electron chi connectivity index (χ2n) is 4.64. The van der Waals surface area contributed by atoms with Crippen LogP contribution in [0.4, 0.5) is 0 Å². The van der Waals surface area contributed by atoms with Crippen molar-refractivity contribution in [3.63, 3.8) is 0 Å². The molecule has 0 heterocycles. The van der Waals surface area contributed by atoms with Crippen molar-refractivity contribution < 1.29 is 24.6 Å². The number of hydrogen-bond acceptors (Lipinski definition) is 4. The first-order chi connectivity index (χ1) is 9.81. The highest BCUT2D eigenvalue weighted by Crippen LogP contribution is 2.29. The number of benzene rings is 1. The topological polar surface area (TPSA) is 116 Å². The van der Waals surface area contributed by atoms with E-state index in [4.69, 9.17) is 5.11 Å². The molecule has 1 rings (SSSR count). The zero-order valence-electron chi connectivity index (χ0n) is 11.8. The van der Waals surface area contributed by atoms with E-state index < -0.39 is 17.9 Å². The summed E-state index contributed by atoms with van der Waals surface area (Å²) in [5.74, 6) is -2.06. The number of hydrogen-bond donors (Lipinski definition) is 4. The van der Waals surface area contributed by atoms with Gasteiger partial charge in [0.15, 0.2) is 0 Å². The van der Waals surface area contributed by atoms with Crippen LogP contribution in [0.25, 0.3) is 0 Å². The standard InChI is InChI=1S/C14H18N2O5/c1-8-4-3-5-10(14(8)21)11(6-13(19)20)16-12(18)7-15-9(2)17/h3-5,11,21H,6-7H2,1-2H3,(H,15,17)(H,16,18)(H,19,20). The predicted octanol–water partition coefficient (Wildman–Crippen LogP) is 0.469. The van der Waals surface area contributed by atoms with Gasteiger partial charge in [-0.3, -0.25) is 14.4 Å². The predicted molar refractivity (Wildman–Crippen MR) is 74.7 cm³/mol. The van der Waals surface area contributed by atoms with Gasteiger partial charge in [0.05, 0.1) is 19.0 Å². The van der Waals surface area contributed by atoms with E-state index >= 15 is 0 Å². The number of rotatable bonds is 6. The van der Waals surface area contributed by atoms with Gasteiger partial charge in [0.25, 0.3) is 0 Å². The molecule has 0 saturated carbocycles. The highest BCUT2D eigenvalue weighted by molar-refractivity contribution is 5.84. The maximum atomic E-state index is 11.7. The molecule has 7 heteroatoms. The summed E-state index contributed by atoms with van der Waals surface area (Å²) in [6, 6.07) is 4.02. The van der Waals surface area contributed by atoms with Crippen LogP contribution in [-0.2, 0) is 14.4 Å². The number of aryl methyl sites for hydroxylation is 1. The van der Waals surface area contributed by atoms with Crippen LogP contribution < -0.4 is 10.6 Å². The van der Waals surface area contributed by atoms with E-state index in [1.807, 2.05) is 0 Å². The Bertz CT molecular complexity index is 556. The lowest BCUT2D eigenvalue weighted by atomic mass is 10.00. The Labute approximate surface area is 122 Å². The second kappa shape index (κ2) is 7.28. The summed E-state index contributed by atoms with van der Waals surface area (Å²) in [6.07, 6.45) is -0.372. The van der Waals surface area contributed by atoms with E-state index in [1.54, 1.807) is 25.1 Å².